The Morgan fingerprint density at radius 2 is 1.49 bits per heavy atom. The molecule has 4 aromatic carbocycles. The molecule has 4 aromatic rings. The number of nitrogens with zero attached hydrogens (tertiary/aromatic N) is 5. The first-order valence-electron chi connectivity index (χ1n) is 19.2. The Labute approximate surface area is 358 Å². The molecule has 0 radical (unpaired) electrons. The van der Waals surface area contributed by atoms with Crippen LogP contribution >= 0.6 is 23.2 Å². The number of fused-ring (bicyclic) bond motifs is 4. The number of benzene rings is 4. The number of carbonyl (C=O) groups is 4. The number of nitro groups is 2. The monoisotopic (exact) mass is 868 g/mol. The summed E-state index contributed by atoms with van der Waals surface area (Å²) >= 11 is 12.7. The minimum Gasteiger partial charge on any atom is -0.507 e. The van der Waals surface area contributed by atoms with Crippen molar-refractivity contribution < 1.29 is 38.9 Å². The van der Waals surface area contributed by atoms with Crippen LogP contribution in [0.15, 0.2) is 78.4 Å². The van der Waals surface area contributed by atoms with Crippen molar-refractivity contribution in [3.8, 4) is 11.5 Å². The normalized spacial score (nSPS) is 24.2. The van der Waals surface area contributed by atoms with Crippen LogP contribution in [-0.4, -0.2) is 64.8 Å². The second kappa shape index (κ2) is 14.9. The Hall–Kier alpha value is -6.52. The molecule has 0 bridgehead atoms. The second-order valence-corrected chi connectivity index (χ2v) is 16.8. The average molecular weight is 870 g/mol. The number of nitrogens with one attached hydrogen (secondary N) is 1. The predicted molar refractivity (Wildman–Crippen MR) is 225 cm³/mol. The zero-order chi connectivity index (χ0) is 44.0. The molecule has 4 aliphatic rings. The largest absolute Gasteiger partial charge is 0.507 e. The lowest BCUT2D eigenvalue weighted by molar-refractivity contribution is -0.392. The molecule has 0 aromatic heterocycles. The number of methoxy groups -OCH3 is 1. The van der Waals surface area contributed by atoms with Gasteiger partial charge in [-0.3, -0.25) is 44.8 Å². The molecule has 18 heteroatoms. The summed E-state index contributed by atoms with van der Waals surface area (Å²) in [6.07, 6.45) is 1.75. The van der Waals surface area contributed by atoms with Crippen molar-refractivity contribution in [2.75, 3.05) is 36.4 Å². The first kappa shape index (κ1) is 41.2. The number of halogens is 2. The number of anilines is 3. The van der Waals surface area contributed by atoms with Gasteiger partial charge in [0.05, 0.1) is 56.5 Å². The van der Waals surface area contributed by atoms with Gasteiger partial charge in [0, 0.05) is 37.2 Å². The molecule has 8 rings (SSSR count). The number of aryl methyl sites for hydroxylation is 2. The molecular formula is C43H38Cl2N6O10. The number of hydrazine groups is 1. The fraction of sp³-hybridized carbons (Fsp3) is 0.302. The van der Waals surface area contributed by atoms with Crippen molar-refractivity contribution in [3.05, 3.63) is 131 Å². The van der Waals surface area contributed by atoms with Crippen molar-refractivity contribution in [1.82, 2.24) is 5.01 Å². The molecule has 2 heterocycles. The van der Waals surface area contributed by atoms with Crippen molar-refractivity contribution in [2.24, 2.45) is 23.7 Å². The van der Waals surface area contributed by atoms with E-state index in [-0.39, 0.29) is 40.7 Å². The molecule has 314 valence electrons. The zero-order valence-electron chi connectivity index (χ0n) is 33.3. The van der Waals surface area contributed by atoms with Crippen molar-refractivity contribution in [1.29, 1.82) is 0 Å². The summed E-state index contributed by atoms with van der Waals surface area (Å²) in [5.41, 5.74) is 2.12. The Balaban J connectivity index is 1.33. The lowest BCUT2D eigenvalue weighted by Gasteiger charge is -2.50. The number of nitro benzene ring substituents is 2. The van der Waals surface area contributed by atoms with E-state index in [9.17, 15) is 34.9 Å². The molecule has 2 N–H and O–H groups in total. The van der Waals surface area contributed by atoms with Crippen LogP contribution in [-0.2, 0) is 24.6 Å². The van der Waals surface area contributed by atoms with Gasteiger partial charge in [-0.2, -0.15) is 5.01 Å². The van der Waals surface area contributed by atoms with Gasteiger partial charge in [-0.15, -0.1) is 0 Å². The first-order chi connectivity index (χ1) is 28.9. The number of hydrogen-bond donors (Lipinski definition) is 2. The fourth-order valence-electron chi connectivity index (χ4n) is 10.1. The number of amides is 4. The van der Waals surface area contributed by atoms with Crippen LogP contribution in [0.1, 0.15) is 41.0 Å². The molecule has 0 spiro atoms. The van der Waals surface area contributed by atoms with E-state index in [1.807, 2.05) is 6.08 Å². The average Bonchev–Trinajstić information content (AvgIpc) is 3.60. The Morgan fingerprint density at radius 3 is 2.05 bits per heavy atom. The summed E-state index contributed by atoms with van der Waals surface area (Å²) in [7, 11) is 4.31. The van der Waals surface area contributed by atoms with Gasteiger partial charge < -0.3 is 14.7 Å². The van der Waals surface area contributed by atoms with E-state index < -0.39 is 79.9 Å². The molecule has 6 unspecified atom stereocenters. The van der Waals surface area contributed by atoms with E-state index in [0.717, 1.165) is 22.0 Å². The SMILES string of the molecule is COc1ccc(C23C(=O)N(Nc4ccc(Cl)cc4Cl)C(=O)C2CC2C(=CCC4C(=O)N(c5cc([N+](=O)[O-])c(N(C)C)c([N+](=O)[O-])c5)C(=O)C42)C3c2cc(C)c(O)c(C)c2)cc1. The number of aromatic hydroxyl groups is 1. The van der Waals surface area contributed by atoms with Gasteiger partial charge in [-0.1, -0.05) is 59.1 Å². The van der Waals surface area contributed by atoms with Crippen LogP contribution in [0.5, 0.6) is 11.5 Å². The number of carbonyl (C=O) groups excluding carboxylic acids is 4. The molecule has 2 aliphatic heterocycles. The molecule has 6 atom stereocenters. The van der Waals surface area contributed by atoms with Gasteiger partial charge in [-0.25, -0.2) is 4.90 Å². The van der Waals surface area contributed by atoms with E-state index in [0.29, 0.717) is 38.6 Å². The van der Waals surface area contributed by atoms with E-state index in [1.54, 1.807) is 56.3 Å². The van der Waals surface area contributed by atoms with Crippen LogP contribution in [0.25, 0.3) is 0 Å². The summed E-state index contributed by atoms with van der Waals surface area (Å²) in [6, 6.07) is 16.8. The van der Waals surface area contributed by atoms with Crippen LogP contribution < -0.4 is 20.0 Å². The van der Waals surface area contributed by atoms with Gasteiger partial charge >= 0.3 is 11.4 Å². The van der Waals surface area contributed by atoms with Gasteiger partial charge in [-0.05, 0) is 85.2 Å². The third-order valence-electron chi connectivity index (χ3n) is 12.6. The summed E-state index contributed by atoms with van der Waals surface area (Å²) in [5.74, 6) is -7.25. The second-order valence-electron chi connectivity index (χ2n) is 16.0. The first-order valence-corrected chi connectivity index (χ1v) is 19.9. The van der Waals surface area contributed by atoms with E-state index in [4.69, 9.17) is 27.9 Å². The predicted octanol–water partition coefficient (Wildman–Crippen LogP) is 7.40. The van der Waals surface area contributed by atoms with Crippen molar-refractivity contribution in [2.45, 2.75) is 38.0 Å². The number of allylic oxidation sites excluding steroid dienone is 2. The Kier molecular flexibility index (Phi) is 10.1. The molecule has 16 nitrogen and oxygen atoms in total. The highest BCUT2D eigenvalue weighted by molar-refractivity contribution is 6.36. The number of rotatable bonds is 9. The van der Waals surface area contributed by atoms with Gasteiger partial charge in [0.2, 0.25) is 11.8 Å². The smallest absolute Gasteiger partial charge is 0.301 e. The van der Waals surface area contributed by atoms with Gasteiger partial charge in [0.15, 0.2) is 5.69 Å². The number of ether oxygens (including phenoxy) is 1. The summed E-state index contributed by atoms with van der Waals surface area (Å²) in [5, 5.41) is 36.9. The van der Waals surface area contributed by atoms with Crippen molar-refractivity contribution in [3.63, 3.8) is 0 Å². The number of phenols is 1. The van der Waals surface area contributed by atoms with Crippen LogP contribution in [0, 0.1) is 57.7 Å². The Morgan fingerprint density at radius 1 is 0.869 bits per heavy atom. The lowest BCUT2D eigenvalue weighted by atomic mass is 9.49. The van der Waals surface area contributed by atoms with E-state index in [1.165, 1.54) is 38.2 Å². The molecule has 4 amide bonds. The molecule has 3 fully saturated rings. The maximum atomic E-state index is 15.6. The third-order valence-corrected chi connectivity index (χ3v) is 13.1. The minimum atomic E-state index is -1.67. The summed E-state index contributed by atoms with van der Waals surface area (Å²) < 4.78 is 5.46. The quantitative estimate of drug-likeness (QED) is 0.0731. The van der Waals surface area contributed by atoms with Crippen molar-refractivity contribution >= 4 is 75.3 Å². The van der Waals surface area contributed by atoms with E-state index >= 15 is 9.59 Å². The number of imide groups is 2. The summed E-state index contributed by atoms with van der Waals surface area (Å²) in [6.45, 7) is 3.42. The van der Waals surface area contributed by atoms with E-state index in [2.05, 4.69) is 5.43 Å². The van der Waals surface area contributed by atoms with Crippen LogP contribution in [0.4, 0.5) is 28.4 Å². The molecular weight excluding hydrogens is 831 g/mol. The highest BCUT2D eigenvalue weighted by Crippen LogP contribution is 2.64. The highest BCUT2D eigenvalue weighted by atomic mass is 35.5. The number of phenolic OH excluding ortho intramolecular Hbond substituents is 1. The van der Waals surface area contributed by atoms with Gasteiger partial charge in [0.1, 0.15) is 11.5 Å². The highest BCUT2D eigenvalue weighted by Gasteiger charge is 2.70. The lowest BCUT2D eigenvalue weighted by Crippen LogP contribution is -2.53. The topological polar surface area (TPSA) is 206 Å². The fourth-order valence-corrected chi connectivity index (χ4v) is 10.5. The Bertz CT molecular complexity index is 2590. The third kappa shape index (κ3) is 6.18. The maximum Gasteiger partial charge on any atom is 0.301 e. The maximum absolute atomic E-state index is 15.6. The minimum absolute atomic E-state index is 0.0118. The molecule has 61 heavy (non-hydrogen) atoms. The molecule has 2 aliphatic carbocycles. The van der Waals surface area contributed by atoms with Crippen LogP contribution in [0.3, 0.4) is 0 Å². The standard InChI is InChI=1S/C43H38Cl2N6O10/c1-20-14-22(15-21(2)38(20)52)36-27-11-12-28-35(41(55)48(39(28)53)25-17-33(50(57)58)37(47(3)4)34(18-25)51(59)60)29(27)19-30-40(54)49(46-32-13-8-24(44)16-31(32)45)42(56)43(30,36)23-6-9-26(61-5)10-7-23/h6-11,13-18,28-30,35-36,46,52H,12,19H2,1-5H3. The molecule has 2 saturated heterocycles. The zero-order valence-corrected chi connectivity index (χ0v) is 34.9. The van der Waals surface area contributed by atoms with Crippen LogP contribution in [0.2, 0.25) is 10.0 Å². The summed E-state index contributed by atoms with van der Waals surface area (Å²) in [4.78, 5) is 84.9. The number of hydrogen-bond acceptors (Lipinski definition) is 12. The van der Waals surface area contributed by atoms with Gasteiger partial charge in [0.25, 0.3) is 11.8 Å². The molecule has 1 saturated carbocycles.